The lowest BCUT2D eigenvalue weighted by Gasteiger charge is -2.55. The molecule has 0 spiro atoms. The molecule has 2 saturated carbocycles. The van der Waals surface area contributed by atoms with Gasteiger partial charge in [-0.25, -0.2) is 0 Å². The second kappa shape index (κ2) is 26.8. The highest BCUT2D eigenvalue weighted by Crippen LogP contribution is 2.46. The van der Waals surface area contributed by atoms with E-state index in [9.17, 15) is 0 Å². The van der Waals surface area contributed by atoms with Crippen molar-refractivity contribution >= 4 is 23.8 Å². The first-order valence-electron chi connectivity index (χ1n) is 29.5. The monoisotopic (exact) mass is 1030 g/mol. The molecule has 0 radical (unpaired) electrons. The second-order valence-electron chi connectivity index (χ2n) is 25.3. The van der Waals surface area contributed by atoms with Crippen LogP contribution in [-0.2, 0) is 19.1 Å². The molecule has 4 saturated heterocycles. The molecule has 0 aromatic carbocycles. The lowest BCUT2D eigenvalue weighted by atomic mass is 9.73. The molecule has 8 rings (SSSR count). The Kier molecular flexibility index (Phi) is 20.5. The van der Waals surface area contributed by atoms with Gasteiger partial charge in [0, 0.05) is 48.3 Å². The number of aromatic nitrogens is 6. The van der Waals surface area contributed by atoms with Crippen LogP contribution in [0.2, 0.25) is 0 Å². The van der Waals surface area contributed by atoms with Crippen LogP contribution in [0.5, 0.6) is 12.0 Å². The number of nitrogens with one attached hydrogen (secondary N) is 4. The van der Waals surface area contributed by atoms with Crippen LogP contribution in [0.3, 0.4) is 0 Å². The average Bonchev–Trinajstić information content (AvgIpc) is 4.31. The van der Waals surface area contributed by atoms with Crippen LogP contribution in [0.4, 0.5) is 23.8 Å². The Hall–Kier alpha value is -3.42. The molecule has 74 heavy (non-hydrogen) atoms. The van der Waals surface area contributed by atoms with Gasteiger partial charge in [0.05, 0.1) is 25.4 Å². The molecule has 4 N–H and O–H groups in total. The molecule has 0 amide bonds. The SMILES string of the molecule is CC1(C)CC(CCCCNc2nc(NCCCCCCNc3nc(NCCCCC4CC(C)(C)N(OC5CCCCC5)C(C)(C)C4)nc(OCC4CO4)n3)nc(OCC3CO3)n2)CC(C)(C)N1OC1CCCCC1. The molecule has 2 aromatic rings. The van der Waals surface area contributed by atoms with Crippen LogP contribution in [0.25, 0.3) is 0 Å². The molecule has 418 valence electrons. The van der Waals surface area contributed by atoms with E-state index in [2.05, 4.69) is 107 Å². The molecule has 6 fully saturated rings. The standard InChI is InChI=1S/C56H98N12O6/c1-53(2)33-41(34-54(3,4)67(53)73-43-25-13-11-14-26-43)23-17-21-31-59-49-61-47(63-51(65-49)71-39-45-37-69-45)57-29-19-9-10-20-30-58-48-62-50(66-52(64-48)72-40-46-38-70-46)60-32-22-18-24-42-35-55(5,6)68(56(7,8)36-42)74-44-27-15-12-16-28-44/h41-46H,9-40H2,1-8H3,(H2,57,59,61,63,65)(H2,58,60,62,64,66). The molecule has 0 bridgehead atoms. The van der Waals surface area contributed by atoms with Crippen LogP contribution in [0, 0.1) is 11.8 Å². The Bertz CT molecular complexity index is 1820. The molecule has 18 nitrogen and oxygen atoms in total. The Labute approximate surface area is 444 Å². The minimum Gasteiger partial charge on any atom is -0.460 e. The summed E-state index contributed by atoms with van der Waals surface area (Å²) in [5.41, 5.74) is 0.0567. The van der Waals surface area contributed by atoms with Crippen molar-refractivity contribution in [1.29, 1.82) is 0 Å². The number of hydroxylamine groups is 4. The number of ether oxygens (including phenoxy) is 4. The van der Waals surface area contributed by atoms with E-state index >= 15 is 0 Å². The van der Waals surface area contributed by atoms with E-state index in [1.807, 2.05) is 0 Å². The van der Waals surface area contributed by atoms with E-state index in [4.69, 9.17) is 38.6 Å². The van der Waals surface area contributed by atoms with Crippen molar-refractivity contribution < 1.29 is 28.6 Å². The summed E-state index contributed by atoms with van der Waals surface area (Å²) in [6, 6.07) is 0.638. The van der Waals surface area contributed by atoms with Gasteiger partial charge in [0.1, 0.15) is 25.4 Å². The first-order chi connectivity index (χ1) is 35.6. The van der Waals surface area contributed by atoms with Gasteiger partial charge in [0.15, 0.2) is 0 Å². The van der Waals surface area contributed by atoms with Gasteiger partial charge in [-0.15, -0.1) is 0 Å². The second-order valence-corrected chi connectivity index (χ2v) is 25.3. The normalized spacial score (nSPS) is 24.3. The summed E-state index contributed by atoms with van der Waals surface area (Å²) in [4.78, 5) is 41.3. The third-order valence-corrected chi connectivity index (χ3v) is 16.1. The molecular weight excluding hydrogens is 937 g/mol. The molecule has 6 heterocycles. The predicted octanol–water partition coefficient (Wildman–Crippen LogP) is 10.9. The van der Waals surface area contributed by atoms with E-state index in [1.165, 1.54) is 77.0 Å². The summed E-state index contributed by atoms with van der Waals surface area (Å²) < 4.78 is 22.6. The first-order valence-corrected chi connectivity index (χ1v) is 29.5. The minimum absolute atomic E-state index is 0.0142. The topological polar surface area (TPSA) is 194 Å². The number of hydrogen-bond acceptors (Lipinski definition) is 18. The molecule has 2 unspecified atom stereocenters. The molecule has 2 aliphatic carbocycles. The number of nitrogens with zero attached hydrogens (tertiary/aromatic N) is 8. The molecule has 4 aliphatic heterocycles. The van der Waals surface area contributed by atoms with Crippen molar-refractivity contribution in [3.63, 3.8) is 0 Å². The predicted molar refractivity (Wildman–Crippen MR) is 292 cm³/mol. The van der Waals surface area contributed by atoms with Crippen molar-refractivity contribution in [1.82, 2.24) is 40.0 Å². The van der Waals surface area contributed by atoms with Crippen molar-refractivity contribution in [3.05, 3.63) is 0 Å². The van der Waals surface area contributed by atoms with Crippen molar-refractivity contribution in [2.45, 2.75) is 256 Å². The van der Waals surface area contributed by atoms with Crippen molar-refractivity contribution in [2.24, 2.45) is 11.8 Å². The third kappa shape index (κ3) is 18.1. The quantitative estimate of drug-likeness (QED) is 0.0411. The summed E-state index contributed by atoms with van der Waals surface area (Å²) in [6.07, 6.45) is 29.1. The summed E-state index contributed by atoms with van der Waals surface area (Å²) in [6.45, 7) is 24.4. The smallest absolute Gasteiger partial charge is 0.323 e. The largest absolute Gasteiger partial charge is 0.460 e. The Morgan fingerprint density at radius 2 is 0.743 bits per heavy atom. The Balaban J connectivity index is 0.717. The van der Waals surface area contributed by atoms with Gasteiger partial charge in [0.2, 0.25) is 23.8 Å². The Morgan fingerprint density at radius 1 is 0.432 bits per heavy atom. The third-order valence-electron chi connectivity index (χ3n) is 16.1. The number of hydrogen-bond donors (Lipinski definition) is 4. The van der Waals surface area contributed by atoms with Gasteiger partial charge in [-0.2, -0.15) is 40.0 Å². The lowest BCUT2D eigenvalue weighted by molar-refractivity contribution is -0.314. The number of unbranched alkanes of at least 4 members (excludes halogenated alkanes) is 5. The first kappa shape index (κ1) is 56.8. The molecule has 2 atom stereocenters. The van der Waals surface area contributed by atoms with Crippen LogP contribution < -0.4 is 30.7 Å². The van der Waals surface area contributed by atoms with Gasteiger partial charge >= 0.3 is 12.0 Å². The summed E-state index contributed by atoms with van der Waals surface area (Å²) in [7, 11) is 0. The number of anilines is 4. The fourth-order valence-electron chi connectivity index (χ4n) is 12.9. The highest BCUT2D eigenvalue weighted by molar-refractivity contribution is 5.37. The maximum absolute atomic E-state index is 6.74. The zero-order chi connectivity index (χ0) is 52.0. The van der Waals surface area contributed by atoms with Crippen LogP contribution in [0.15, 0.2) is 0 Å². The highest BCUT2D eigenvalue weighted by atomic mass is 16.7. The Morgan fingerprint density at radius 3 is 1.05 bits per heavy atom. The maximum atomic E-state index is 6.74. The van der Waals surface area contributed by atoms with Crippen LogP contribution >= 0.6 is 0 Å². The maximum Gasteiger partial charge on any atom is 0.323 e. The van der Waals surface area contributed by atoms with Crippen LogP contribution in [0.1, 0.15) is 209 Å². The van der Waals surface area contributed by atoms with Crippen molar-refractivity contribution in [3.8, 4) is 12.0 Å². The fraction of sp³-hybridized carbons (Fsp3) is 0.893. The van der Waals surface area contributed by atoms with Gasteiger partial charge in [-0.3, -0.25) is 9.68 Å². The molecule has 2 aromatic heterocycles. The van der Waals surface area contributed by atoms with Gasteiger partial charge < -0.3 is 40.2 Å². The summed E-state index contributed by atoms with van der Waals surface area (Å²) >= 11 is 0. The fourth-order valence-corrected chi connectivity index (χ4v) is 12.9. The molecular formula is C56H98N12O6. The average molecular weight is 1040 g/mol. The van der Waals surface area contributed by atoms with Crippen molar-refractivity contribution in [2.75, 3.05) is 73.9 Å². The minimum atomic E-state index is 0.0142. The molecule has 18 heteroatoms. The van der Waals surface area contributed by atoms with E-state index in [-0.39, 0.29) is 34.4 Å². The summed E-state index contributed by atoms with van der Waals surface area (Å²) in [5, 5.41) is 18.5. The highest BCUT2D eigenvalue weighted by Gasteiger charge is 2.48. The number of rotatable bonds is 31. The molecule has 6 aliphatic rings. The zero-order valence-electron chi connectivity index (χ0n) is 47.1. The van der Waals surface area contributed by atoms with Crippen LogP contribution in [-0.4, -0.2) is 139 Å². The van der Waals surface area contributed by atoms with Gasteiger partial charge in [0.25, 0.3) is 0 Å². The zero-order valence-corrected chi connectivity index (χ0v) is 47.1. The van der Waals surface area contributed by atoms with E-state index < -0.39 is 0 Å². The van der Waals surface area contributed by atoms with E-state index in [0.717, 1.165) is 103 Å². The van der Waals surface area contributed by atoms with Gasteiger partial charge in [-0.05, 0) is 144 Å². The van der Waals surface area contributed by atoms with E-state index in [1.54, 1.807) is 0 Å². The number of epoxide rings is 2. The summed E-state index contributed by atoms with van der Waals surface area (Å²) in [5.74, 6) is 3.47. The van der Waals surface area contributed by atoms with E-state index in [0.29, 0.717) is 86.3 Å². The lowest BCUT2D eigenvalue weighted by Crippen LogP contribution is -2.61. The van der Waals surface area contributed by atoms with Gasteiger partial charge in [-0.1, -0.05) is 77.0 Å². The number of piperidine rings is 2.